The van der Waals surface area contributed by atoms with Crippen molar-refractivity contribution < 1.29 is 9.15 Å². The summed E-state index contributed by atoms with van der Waals surface area (Å²) < 4.78 is 10.9. The Hall–Kier alpha value is -0.870. The van der Waals surface area contributed by atoms with E-state index in [1.807, 2.05) is 0 Å². The SMILES string of the molecule is CC1CC(c2ncc(CN)o2)CO1. The standard InChI is InChI=1S/C9H14N2O2/c1-6-2-7(5-12-6)9-11-4-8(3-10)13-9/h4,6-7H,2-3,5,10H2,1H3. The first-order valence-corrected chi connectivity index (χ1v) is 4.56. The molecule has 2 unspecified atom stereocenters. The Morgan fingerprint density at radius 2 is 2.54 bits per heavy atom. The van der Waals surface area contributed by atoms with Gasteiger partial charge < -0.3 is 14.9 Å². The number of ether oxygens (including phenoxy) is 1. The van der Waals surface area contributed by atoms with Crippen LogP contribution < -0.4 is 5.73 Å². The van der Waals surface area contributed by atoms with Gasteiger partial charge in [-0.25, -0.2) is 4.98 Å². The second-order valence-electron chi connectivity index (χ2n) is 3.45. The monoisotopic (exact) mass is 182 g/mol. The van der Waals surface area contributed by atoms with E-state index in [2.05, 4.69) is 11.9 Å². The zero-order valence-electron chi connectivity index (χ0n) is 7.69. The number of hydrogen-bond acceptors (Lipinski definition) is 4. The molecule has 2 N–H and O–H groups in total. The highest BCUT2D eigenvalue weighted by Crippen LogP contribution is 2.28. The number of hydrogen-bond donors (Lipinski definition) is 1. The number of aromatic nitrogens is 1. The van der Waals surface area contributed by atoms with Crippen LogP contribution in [-0.2, 0) is 11.3 Å². The van der Waals surface area contributed by atoms with E-state index in [0.717, 1.165) is 18.1 Å². The van der Waals surface area contributed by atoms with E-state index in [0.29, 0.717) is 25.2 Å². The smallest absolute Gasteiger partial charge is 0.199 e. The summed E-state index contributed by atoms with van der Waals surface area (Å²) in [5, 5.41) is 0. The lowest BCUT2D eigenvalue weighted by Gasteiger charge is -2.00. The minimum atomic E-state index is 0.315. The molecule has 0 aromatic carbocycles. The molecule has 2 atom stereocenters. The molecule has 4 nitrogen and oxygen atoms in total. The predicted octanol–water partition coefficient (Wildman–Crippen LogP) is 1.03. The van der Waals surface area contributed by atoms with Gasteiger partial charge in [-0.2, -0.15) is 0 Å². The second-order valence-corrected chi connectivity index (χ2v) is 3.45. The highest BCUT2D eigenvalue weighted by atomic mass is 16.5. The minimum Gasteiger partial charge on any atom is -0.444 e. The third-order valence-electron chi connectivity index (χ3n) is 2.32. The van der Waals surface area contributed by atoms with Crippen LogP contribution in [0, 0.1) is 0 Å². The third-order valence-corrected chi connectivity index (χ3v) is 2.32. The third kappa shape index (κ3) is 1.73. The molecular formula is C9H14N2O2. The van der Waals surface area contributed by atoms with E-state index in [4.69, 9.17) is 14.9 Å². The number of oxazole rings is 1. The summed E-state index contributed by atoms with van der Waals surface area (Å²) in [5.41, 5.74) is 5.42. The summed E-state index contributed by atoms with van der Waals surface area (Å²) >= 11 is 0. The summed E-state index contributed by atoms with van der Waals surface area (Å²) in [6.07, 6.45) is 3.00. The van der Waals surface area contributed by atoms with E-state index < -0.39 is 0 Å². The van der Waals surface area contributed by atoms with Crippen LogP contribution in [0.4, 0.5) is 0 Å². The minimum absolute atomic E-state index is 0.315. The van der Waals surface area contributed by atoms with Crippen LogP contribution in [0.1, 0.15) is 30.9 Å². The number of rotatable bonds is 2. The molecule has 13 heavy (non-hydrogen) atoms. The van der Waals surface area contributed by atoms with Gasteiger partial charge in [0.05, 0.1) is 31.4 Å². The van der Waals surface area contributed by atoms with Crippen molar-refractivity contribution in [1.82, 2.24) is 4.98 Å². The maximum Gasteiger partial charge on any atom is 0.199 e. The second kappa shape index (κ2) is 3.47. The van der Waals surface area contributed by atoms with Gasteiger partial charge in [-0.3, -0.25) is 0 Å². The van der Waals surface area contributed by atoms with Crippen molar-refractivity contribution in [1.29, 1.82) is 0 Å². The van der Waals surface area contributed by atoms with Gasteiger partial charge in [-0.05, 0) is 13.3 Å². The van der Waals surface area contributed by atoms with Crippen molar-refractivity contribution in [3.05, 3.63) is 17.8 Å². The fraction of sp³-hybridized carbons (Fsp3) is 0.667. The van der Waals surface area contributed by atoms with Gasteiger partial charge in [-0.15, -0.1) is 0 Å². The van der Waals surface area contributed by atoms with Crippen molar-refractivity contribution in [2.75, 3.05) is 6.61 Å². The summed E-state index contributed by atoms with van der Waals surface area (Å²) in [5.74, 6) is 1.83. The van der Waals surface area contributed by atoms with E-state index in [1.54, 1.807) is 6.20 Å². The van der Waals surface area contributed by atoms with Crippen molar-refractivity contribution in [2.45, 2.75) is 31.9 Å². The summed E-state index contributed by atoms with van der Waals surface area (Å²) in [6, 6.07) is 0. The molecule has 0 radical (unpaired) electrons. The summed E-state index contributed by atoms with van der Waals surface area (Å²) in [4.78, 5) is 4.18. The van der Waals surface area contributed by atoms with Crippen LogP contribution in [0.2, 0.25) is 0 Å². The first-order valence-electron chi connectivity index (χ1n) is 4.56. The normalized spacial score (nSPS) is 28.2. The van der Waals surface area contributed by atoms with Gasteiger partial charge in [-0.1, -0.05) is 0 Å². The molecule has 0 bridgehead atoms. The van der Waals surface area contributed by atoms with Crippen LogP contribution in [0.15, 0.2) is 10.6 Å². The highest BCUT2D eigenvalue weighted by Gasteiger charge is 2.27. The lowest BCUT2D eigenvalue weighted by atomic mass is 10.1. The molecule has 0 aliphatic carbocycles. The largest absolute Gasteiger partial charge is 0.444 e. The van der Waals surface area contributed by atoms with Crippen molar-refractivity contribution >= 4 is 0 Å². The first kappa shape index (κ1) is 8.72. The summed E-state index contributed by atoms with van der Waals surface area (Å²) in [7, 11) is 0. The fourth-order valence-corrected chi connectivity index (χ4v) is 1.60. The molecule has 1 fully saturated rings. The Bertz CT molecular complexity index is 285. The van der Waals surface area contributed by atoms with Crippen LogP contribution in [0.3, 0.4) is 0 Å². The zero-order valence-corrected chi connectivity index (χ0v) is 7.69. The number of nitrogens with two attached hydrogens (primary N) is 1. The van der Waals surface area contributed by atoms with Crippen molar-refractivity contribution in [3.63, 3.8) is 0 Å². The molecule has 1 aliphatic rings. The van der Waals surface area contributed by atoms with Crippen LogP contribution >= 0.6 is 0 Å². The van der Waals surface area contributed by atoms with Crippen LogP contribution in [-0.4, -0.2) is 17.7 Å². The van der Waals surface area contributed by atoms with Crippen LogP contribution in [0.5, 0.6) is 0 Å². The highest BCUT2D eigenvalue weighted by molar-refractivity contribution is 5.00. The van der Waals surface area contributed by atoms with Gasteiger partial charge in [0.1, 0.15) is 5.76 Å². The maximum atomic E-state index is 5.45. The Labute approximate surface area is 77.1 Å². The topological polar surface area (TPSA) is 61.3 Å². The molecule has 0 saturated carbocycles. The zero-order chi connectivity index (χ0) is 9.26. The molecule has 1 aromatic heterocycles. The first-order chi connectivity index (χ1) is 6.29. The lowest BCUT2D eigenvalue weighted by molar-refractivity contribution is 0.122. The van der Waals surface area contributed by atoms with E-state index in [1.165, 1.54) is 0 Å². The van der Waals surface area contributed by atoms with Crippen molar-refractivity contribution in [2.24, 2.45) is 5.73 Å². The fourth-order valence-electron chi connectivity index (χ4n) is 1.60. The van der Waals surface area contributed by atoms with Crippen molar-refractivity contribution in [3.8, 4) is 0 Å². The molecule has 0 amide bonds. The summed E-state index contributed by atoms with van der Waals surface area (Å²) in [6.45, 7) is 3.19. The Kier molecular flexibility index (Phi) is 2.33. The van der Waals surface area contributed by atoms with Crippen LogP contribution in [0.25, 0.3) is 0 Å². The van der Waals surface area contributed by atoms with E-state index in [-0.39, 0.29) is 0 Å². The van der Waals surface area contributed by atoms with Gasteiger partial charge in [0.15, 0.2) is 5.89 Å². The average molecular weight is 182 g/mol. The molecule has 2 heterocycles. The molecule has 1 aliphatic heterocycles. The molecule has 1 aromatic rings. The van der Waals surface area contributed by atoms with Gasteiger partial charge in [0.25, 0.3) is 0 Å². The molecule has 72 valence electrons. The lowest BCUT2D eigenvalue weighted by Crippen LogP contribution is -1.98. The Morgan fingerprint density at radius 3 is 3.08 bits per heavy atom. The average Bonchev–Trinajstić information content (AvgIpc) is 2.71. The van der Waals surface area contributed by atoms with E-state index >= 15 is 0 Å². The molecule has 4 heteroatoms. The van der Waals surface area contributed by atoms with Gasteiger partial charge >= 0.3 is 0 Å². The Balaban J connectivity index is 2.08. The molecule has 1 saturated heterocycles. The molecular weight excluding hydrogens is 168 g/mol. The van der Waals surface area contributed by atoms with E-state index in [9.17, 15) is 0 Å². The van der Waals surface area contributed by atoms with Gasteiger partial charge in [0.2, 0.25) is 0 Å². The Morgan fingerprint density at radius 1 is 1.69 bits per heavy atom. The molecule has 0 spiro atoms. The molecule has 2 rings (SSSR count). The quantitative estimate of drug-likeness (QED) is 0.742. The number of nitrogens with zero attached hydrogens (tertiary/aromatic N) is 1. The predicted molar refractivity (Wildman–Crippen MR) is 47.2 cm³/mol. The van der Waals surface area contributed by atoms with Gasteiger partial charge in [0, 0.05) is 0 Å². The maximum absolute atomic E-state index is 5.45.